The Labute approximate surface area is 187 Å². The van der Waals surface area contributed by atoms with Crippen molar-refractivity contribution in [2.24, 2.45) is 5.92 Å². The van der Waals surface area contributed by atoms with Crippen molar-refractivity contribution in [2.75, 3.05) is 6.54 Å². The summed E-state index contributed by atoms with van der Waals surface area (Å²) in [6.45, 7) is 4.16. The van der Waals surface area contributed by atoms with Gasteiger partial charge in [0, 0.05) is 42.4 Å². The Kier molecular flexibility index (Phi) is 6.54. The number of aromatic nitrogens is 3. The van der Waals surface area contributed by atoms with E-state index in [-0.39, 0.29) is 17.7 Å². The van der Waals surface area contributed by atoms with Crippen LogP contribution in [0.4, 0.5) is 0 Å². The highest BCUT2D eigenvalue weighted by molar-refractivity contribution is 5.90. The second kappa shape index (κ2) is 9.68. The number of benzene rings is 2. The van der Waals surface area contributed by atoms with E-state index in [2.05, 4.69) is 25.6 Å². The van der Waals surface area contributed by atoms with Gasteiger partial charge in [0.25, 0.3) is 0 Å². The van der Waals surface area contributed by atoms with Crippen molar-refractivity contribution < 1.29 is 9.59 Å². The van der Waals surface area contributed by atoms with Crippen molar-refractivity contribution >= 4 is 33.8 Å². The van der Waals surface area contributed by atoms with E-state index in [9.17, 15) is 9.59 Å². The van der Waals surface area contributed by atoms with Crippen LogP contribution in [0.1, 0.15) is 31.7 Å². The molecule has 2 amide bonds. The fourth-order valence-electron chi connectivity index (χ4n) is 3.78. The summed E-state index contributed by atoms with van der Waals surface area (Å²) >= 11 is 0. The highest BCUT2D eigenvalue weighted by atomic mass is 16.2. The molecule has 0 saturated heterocycles. The van der Waals surface area contributed by atoms with Crippen molar-refractivity contribution in [1.29, 1.82) is 0 Å². The molecule has 166 valence electrons. The molecule has 7 heteroatoms. The number of carbonyl (C=O) groups excluding carboxylic acids is 2. The summed E-state index contributed by atoms with van der Waals surface area (Å²) in [7, 11) is 0. The number of imidazole rings is 1. The Hall–Kier alpha value is -3.61. The van der Waals surface area contributed by atoms with Gasteiger partial charge in [-0.05, 0) is 30.2 Å². The van der Waals surface area contributed by atoms with Gasteiger partial charge in [0.05, 0.1) is 11.0 Å². The van der Waals surface area contributed by atoms with E-state index in [0.29, 0.717) is 13.0 Å². The van der Waals surface area contributed by atoms with Gasteiger partial charge in [-0.15, -0.1) is 0 Å². The zero-order valence-electron chi connectivity index (χ0n) is 18.4. The lowest BCUT2D eigenvalue weighted by Crippen LogP contribution is -2.49. The number of carbonyl (C=O) groups is 2. The molecule has 2 heterocycles. The topological polar surface area (TPSA) is 103 Å². The number of H-pyrrole nitrogens is 2. The minimum atomic E-state index is -0.629. The maximum absolute atomic E-state index is 13.0. The molecule has 1 unspecified atom stereocenters. The number of nitrogens with zero attached hydrogens (tertiary/aromatic N) is 1. The van der Waals surface area contributed by atoms with E-state index in [4.69, 9.17) is 0 Å². The van der Waals surface area contributed by atoms with Crippen molar-refractivity contribution in [3.8, 4) is 0 Å². The van der Waals surface area contributed by atoms with Gasteiger partial charge in [-0.25, -0.2) is 4.98 Å². The van der Waals surface area contributed by atoms with E-state index in [1.807, 2.05) is 68.6 Å². The Morgan fingerprint density at radius 2 is 1.75 bits per heavy atom. The van der Waals surface area contributed by atoms with Gasteiger partial charge in [-0.2, -0.15) is 0 Å². The smallest absolute Gasteiger partial charge is 0.242 e. The fourth-order valence-corrected chi connectivity index (χ4v) is 3.78. The molecule has 0 fully saturated rings. The Balaban J connectivity index is 1.37. The third-order valence-electron chi connectivity index (χ3n) is 5.58. The van der Waals surface area contributed by atoms with Crippen LogP contribution in [-0.4, -0.2) is 39.4 Å². The number of para-hydroxylation sites is 3. The van der Waals surface area contributed by atoms with Crippen LogP contribution in [0.5, 0.6) is 0 Å². The molecule has 32 heavy (non-hydrogen) atoms. The third kappa shape index (κ3) is 4.99. The van der Waals surface area contributed by atoms with Crippen LogP contribution in [0.2, 0.25) is 0 Å². The number of aryl methyl sites for hydroxylation is 1. The van der Waals surface area contributed by atoms with Crippen LogP contribution in [-0.2, 0) is 22.4 Å². The molecule has 4 N–H and O–H groups in total. The highest BCUT2D eigenvalue weighted by Crippen LogP contribution is 2.19. The molecule has 4 rings (SSSR count). The zero-order valence-corrected chi connectivity index (χ0v) is 18.4. The van der Waals surface area contributed by atoms with E-state index in [0.717, 1.165) is 46.2 Å². The maximum atomic E-state index is 13.0. The predicted octanol–water partition coefficient (Wildman–Crippen LogP) is 3.48. The number of nitrogens with one attached hydrogen (secondary N) is 4. The zero-order chi connectivity index (χ0) is 22.5. The molecular formula is C25H29N5O2. The van der Waals surface area contributed by atoms with E-state index in [1.165, 1.54) is 0 Å². The first-order valence-corrected chi connectivity index (χ1v) is 11.1. The molecule has 0 aliphatic heterocycles. The highest BCUT2D eigenvalue weighted by Gasteiger charge is 2.23. The quantitative estimate of drug-likeness (QED) is 0.305. The molecule has 0 aliphatic carbocycles. The van der Waals surface area contributed by atoms with Crippen molar-refractivity contribution in [3.63, 3.8) is 0 Å². The molecule has 2 aromatic carbocycles. The number of hydrogen-bond donors (Lipinski definition) is 4. The first kappa shape index (κ1) is 21.6. The second-order valence-corrected chi connectivity index (χ2v) is 8.37. The summed E-state index contributed by atoms with van der Waals surface area (Å²) < 4.78 is 0. The first-order valence-electron chi connectivity index (χ1n) is 11.1. The Bertz CT molecular complexity index is 1190. The van der Waals surface area contributed by atoms with Crippen LogP contribution in [0.15, 0.2) is 54.7 Å². The van der Waals surface area contributed by atoms with Gasteiger partial charge in [-0.1, -0.05) is 44.2 Å². The largest absolute Gasteiger partial charge is 0.361 e. The van der Waals surface area contributed by atoms with Gasteiger partial charge in [0.1, 0.15) is 11.9 Å². The van der Waals surface area contributed by atoms with Crippen molar-refractivity contribution in [1.82, 2.24) is 25.6 Å². The molecule has 0 saturated carbocycles. The molecule has 7 nitrogen and oxygen atoms in total. The van der Waals surface area contributed by atoms with E-state index < -0.39 is 6.04 Å². The SMILES string of the molecule is CC(C)C(=O)NC(Cc1c[nH]c2ccccc12)C(=O)NCCCc1nc2ccccc2[nH]1. The molecule has 0 radical (unpaired) electrons. The number of amides is 2. The summed E-state index contributed by atoms with van der Waals surface area (Å²) in [5.74, 6) is 0.409. The third-order valence-corrected chi connectivity index (χ3v) is 5.58. The predicted molar refractivity (Wildman–Crippen MR) is 126 cm³/mol. The first-order chi connectivity index (χ1) is 15.5. The van der Waals surface area contributed by atoms with Crippen LogP contribution in [0, 0.1) is 5.92 Å². The van der Waals surface area contributed by atoms with Crippen LogP contribution in [0.25, 0.3) is 21.9 Å². The minimum absolute atomic E-state index is 0.132. The summed E-state index contributed by atoms with van der Waals surface area (Å²) in [5, 5.41) is 6.96. The molecular weight excluding hydrogens is 402 g/mol. The number of fused-ring (bicyclic) bond motifs is 2. The van der Waals surface area contributed by atoms with Gasteiger partial charge in [0.15, 0.2) is 0 Å². The lowest BCUT2D eigenvalue weighted by Gasteiger charge is -2.19. The average molecular weight is 432 g/mol. The molecule has 0 bridgehead atoms. The van der Waals surface area contributed by atoms with Crippen LogP contribution >= 0.6 is 0 Å². The number of aromatic amines is 2. The minimum Gasteiger partial charge on any atom is -0.361 e. The average Bonchev–Trinajstić information content (AvgIpc) is 3.39. The van der Waals surface area contributed by atoms with Crippen LogP contribution < -0.4 is 10.6 Å². The summed E-state index contributed by atoms with van der Waals surface area (Å²) in [6.07, 6.45) is 3.83. The molecule has 4 aromatic rings. The molecule has 0 spiro atoms. The summed E-state index contributed by atoms with van der Waals surface area (Å²) in [6, 6.07) is 15.2. The lowest BCUT2D eigenvalue weighted by molar-refractivity contribution is -0.130. The maximum Gasteiger partial charge on any atom is 0.242 e. The van der Waals surface area contributed by atoms with Gasteiger partial charge >= 0.3 is 0 Å². The standard InChI is InChI=1S/C25H29N5O2/c1-16(2)24(31)30-22(14-17-15-27-19-9-4-3-8-18(17)19)25(32)26-13-7-12-23-28-20-10-5-6-11-21(20)29-23/h3-6,8-11,15-16,22,27H,7,12-14H2,1-2H3,(H,26,32)(H,28,29)(H,30,31). The normalized spacial score (nSPS) is 12.3. The van der Waals surface area contributed by atoms with Gasteiger partial charge in [-0.3, -0.25) is 9.59 Å². The Morgan fingerprint density at radius 1 is 1.00 bits per heavy atom. The van der Waals surface area contributed by atoms with Crippen LogP contribution in [0.3, 0.4) is 0 Å². The van der Waals surface area contributed by atoms with E-state index >= 15 is 0 Å². The second-order valence-electron chi connectivity index (χ2n) is 8.37. The number of hydrogen-bond acceptors (Lipinski definition) is 3. The number of rotatable bonds is 9. The lowest BCUT2D eigenvalue weighted by atomic mass is 10.0. The van der Waals surface area contributed by atoms with Gasteiger partial charge < -0.3 is 20.6 Å². The monoisotopic (exact) mass is 431 g/mol. The molecule has 0 aliphatic rings. The Morgan fingerprint density at radius 3 is 2.53 bits per heavy atom. The molecule has 1 atom stereocenters. The van der Waals surface area contributed by atoms with Crippen molar-refractivity contribution in [3.05, 3.63) is 66.1 Å². The van der Waals surface area contributed by atoms with E-state index in [1.54, 1.807) is 0 Å². The molecule has 2 aromatic heterocycles. The van der Waals surface area contributed by atoms with Gasteiger partial charge in [0.2, 0.25) is 11.8 Å². The summed E-state index contributed by atoms with van der Waals surface area (Å²) in [4.78, 5) is 36.4. The van der Waals surface area contributed by atoms with Crippen molar-refractivity contribution in [2.45, 2.75) is 39.2 Å². The summed E-state index contributed by atoms with van der Waals surface area (Å²) in [5.41, 5.74) is 3.98. The fraction of sp³-hybridized carbons (Fsp3) is 0.320.